The molecule has 1 aromatic rings. The second-order valence-corrected chi connectivity index (χ2v) is 5.99. The molecule has 0 nitrogen and oxygen atoms in total. The first-order valence-electron chi connectivity index (χ1n) is 5.25. The number of rotatable bonds is 6. The summed E-state index contributed by atoms with van der Waals surface area (Å²) >= 11 is 13.9. The monoisotopic (exact) mass is 264 g/mol. The molecule has 0 atom stereocenters. The summed E-state index contributed by atoms with van der Waals surface area (Å²) in [7, 11) is 0. The number of halogens is 2. The van der Waals surface area contributed by atoms with Crippen molar-refractivity contribution in [2.75, 3.05) is 11.8 Å². The first-order valence-corrected chi connectivity index (χ1v) is 7.26. The van der Waals surface area contributed by atoms with Crippen LogP contribution in [0.15, 0.2) is 16.8 Å². The molecule has 86 valence electrons. The zero-order valence-electron chi connectivity index (χ0n) is 9.30. The molecule has 0 spiro atoms. The van der Waals surface area contributed by atoms with E-state index in [1.54, 1.807) is 11.3 Å². The lowest BCUT2D eigenvalue weighted by atomic mass is 9.79. The van der Waals surface area contributed by atoms with Gasteiger partial charge in [-0.3, -0.25) is 0 Å². The molecule has 0 aliphatic carbocycles. The van der Waals surface area contributed by atoms with Crippen LogP contribution in [0.4, 0.5) is 0 Å². The lowest BCUT2D eigenvalue weighted by Gasteiger charge is -2.31. The molecule has 0 bridgehead atoms. The van der Waals surface area contributed by atoms with Crippen molar-refractivity contribution < 1.29 is 0 Å². The Hall–Kier alpha value is 0.280. The van der Waals surface area contributed by atoms with E-state index >= 15 is 0 Å². The predicted molar refractivity (Wildman–Crippen MR) is 71.4 cm³/mol. The van der Waals surface area contributed by atoms with Gasteiger partial charge in [0.05, 0.1) is 0 Å². The molecule has 0 aromatic carbocycles. The maximum absolute atomic E-state index is 6.10. The smallest absolute Gasteiger partial charge is 0.0294 e. The molecular formula is C12H18Cl2S. The molecule has 1 rings (SSSR count). The zero-order chi connectivity index (χ0) is 11.3. The summed E-state index contributed by atoms with van der Waals surface area (Å²) in [5.41, 5.74) is 1.43. The summed E-state index contributed by atoms with van der Waals surface area (Å²) in [6.07, 6.45) is 2.09. The highest BCUT2D eigenvalue weighted by atomic mass is 35.5. The van der Waals surface area contributed by atoms with Crippen LogP contribution in [0, 0.1) is 11.3 Å². The highest BCUT2D eigenvalue weighted by molar-refractivity contribution is 7.07. The first-order chi connectivity index (χ1) is 7.12. The lowest BCUT2D eigenvalue weighted by molar-refractivity contribution is 0.296. The molecule has 0 radical (unpaired) electrons. The molecule has 0 saturated heterocycles. The van der Waals surface area contributed by atoms with Gasteiger partial charge >= 0.3 is 0 Å². The Kier molecular flexibility index (Phi) is 5.45. The van der Waals surface area contributed by atoms with Gasteiger partial charge in [0.15, 0.2) is 0 Å². The molecular weight excluding hydrogens is 247 g/mol. The summed E-state index contributed by atoms with van der Waals surface area (Å²) in [5.74, 6) is 1.93. The van der Waals surface area contributed by atoms with Crippen molar-refractivity contribution in [2.24, 2.45) is 11.3 Å². The summed E-state index contributed by atoms with van der Waals surface area (Å²) in [6, 6.07) is 2.17. The Morgan fingerprint density at radius 1 is 1.33 bits per heavy atom. The molecule has 1 aromatic heterocycles. The van der Waals surface area contributed by atoms with E-state index in [9.17, 15) is 0 Å². The van der Waals surface area contributed by atoms with Gasteiger partial charge < -0.3 is 0 Å². The molecule has 3 heteroatoms. The molecule has 0 amide bonds. The van der Waals surface area contributed by atoms with Crippen molar-refractivity contribution in [3.8, 4) is 0 Å². The van der Waals surface area contributed by atoms with E-state index in [1.165, 1.54) is 5.56 Å². The van der Waals surface area contributed by atoms with Gasteiger partial charge in [-0.25, -0.2) is 0 Å². The van der Waals surface area contributed by atoms with Gasteiger partial charge in [-0.05, 0) is 41.1 Å². The standard InChI is InChI=1S/C12H18Cl2S/c1-10(2)5-12(8-13,9-14)6-11-3-4-15-7-11/h3-4,7,10H,5-6,8-9H2,1-2H3. The van der Waals surface area contributed by atoms with E-state index < -0.39 is 0 Å². The zero-order valence-corrected chi connectivity index (χ0v) is 11.6. The number of hydrogen-bond acceptors (Lipinski definition) is 1. The number of thiophene rings is 1. The van der Waals surface area contributed by atoms with Crippen molar-refractivity contribution in [3.63, 3.8) is 0 Å². The quantitative estimate of drug-likeness (QED) is 0.648. The third-order valence-corrected chi connectivity index (χ3v) is 4.43. The van der Waals surface area contributed by atoms with Gasteiger partial charge in [0, 0.05) is 17.2 Å². The molecule has 0 N–H and O–H groups in total. The van der Waals surface area contributed by atoms with Gasteiger partial charge in [-0.15, -0.1) is 23.2 Å². The predicted octanol–water partition coefficient (Wildman–Crippen LogP) is 4.80. The normalized spacial score (nSPS) is 12.3. The van der Waals surface area contributed by atoms with E-state index in [4.69, 9.17) is 23.2 Å². The molecule has 15 heavy (non-hydrogen) atoms. The van der Waals surface area contributed by atoms with Gasteiger partial charge in [-0.1, -0.05) is 13.8 Å². The van der Waals surface area contributed by atoms with E-state index in [2.05, 4.69) is 30.7 Å². The summed E-state index contributed by atoms with van der Waals surface area (Å²) < 4.78 is 0. The molecule has 0 fully saturated rings. The van der Waals surface area contributed by atoms with Crippen LogP contribution in [0.1, 0.15) is 25.8 Å². The highest BCUT2D eigenvalue weighted by Crippen LogP contribution is 2.34. The topological polar surface area (TPSA) is 0 Å². The van der Waals surface area contributed by atoms with E-state index in [1.807, 2.05) is 0 Å². The Balaban J connectivity index is 2.71. The van der Waals surface area contributed by atoms with Crippen molar-refractivity contribution >= 4 is 34.5 Å². The van der Waals surface area contributed by atoms with Crippen molar-refractivity contribution in [1.29, 1.82) is 0 Å². The van der Waals surface area contributed by atoms with Crippen LogP contribution in [-0.4, -0.2) is 11.8 Å². The van der Waals surface area contributed by atoms with E-state index in [-0.39, 0.29) is 5.41 Å². The minimum Gasteiger partial charge on any atom is -0.152 e. The van der Waals surface area contributed by atoms with Crippen LogP contribution >= 0.6 is 34.5 Å². The Morgan fingerprint density at radius 2 is 2.00 bits per heavy atom. The second kappa shape index (κ2) is 6.12. The molecule has 0 aliphatic rings. The van der Waals surface area contributed by atoms with Crippen LogP contribution in [0.2, 0.25) is 0 Å². The van der Waals surface area contributed by atoms with Crippen LogP contribution < -0.4 is 0 Å². The van der Waals surface area contributed by atoms with Crippen LogP contribution in [0.5, 0.6) is 0 Å². The largest absolute Gasteiger partial charge is 0.152 e. The maximum Gasteiger partial charge on any atom is 0.0294 e. The fourth-order valence-electron chi connectivity index (χ4n) is 2.00. The third-order valence-electron chi connectivity index (χ3n) is 2.57. The third kappa shape index (κ3) is 3.97. The van der Waals surface area contributed by atoms with Gasteiger partial charge in [-0.2, -0.15) is 11.3 Å². The molecule has 0 saturated carbocycles. The van der Waals surface area contributed by atoms with Gasteiger partial charge in [0.2, 0.25) is 0 Å². The SMILES string of the molecule is CC(C)CC(CCl)(CCl)Cc1ccsc1. The van der Waals surface area contributed by atoms with Crippen LogP contribution in [0.3, 0.4) is 0 Å². The molecule has 0 unspecified atom stereocenters. The average molecular weight is 265 g/mol. The van der Waals surface area contributed by atoms with Crippen molar-refractivity contribution in [3.05, 3.63) is 22.4 Å². The van der Waals surface area contributed by atoms with Gasteiger partial charge in [0.1, 0.15) is 0 Å². The minimum atomic E-state index is 0.0678. The molecule has 0 aliphatic heterocycles. The fraction of sp³-hybridized carbons (Fsp3) is 0.667. The summed E-state index contributed by atoms with van der Waals surface area (Å²) in [4.78, 5) is 0. The second-order valence-electron chi connectivity index (χ2n) is 4.67. The maximum atomic E-state index is 6.10. The Bertz CT molecular complexity index is 263. The van der Waals surface area contributed by atoms with Crippen LogP contribution in [0.25, 0.3) is 0 Å². The summed E-state index contributed by atoms with van der Waals surface area (Å²) in [5, 5.41) is 4.30. The highest BCUT2D eigenvalue weighted by Gasteiger charge is 2.29. The van der Waals surface area contributed by atoms with E-state index in [0.717, 1.165) is 12.8 Å². The minimum absolute atomic E-state index is 0.0678. The molecule has 1 heterocycles. The lowest BCUT2D eigenvalue weighted by Crippen LogP contribution is -2.29. The number of hydrogen-bond donors (Lipinski definition) is 0. The van der Waals surface area contributed by atoms with Crippen LogP contribution in [-0.2, 0) is 6.42 Å². The van der Waals surface area contributed by atoms with Gasteiger partial charge in [0.25, 0.3) is 0 Å². The Morgan fingerprint density at radius 3 is 2.40 bits per heavy atom. The van der Waals surface area contributed by atoms with Crippen molar-refractivity contribution in [2.45, 2.75) is 26.7 Å². The fourth-order valence-corrected chi connectivity index (χ4v) is 3.37. The number of alkyl halides is 2. The first kappa shape index (κ1) is 13.3. The van der Waals surface area contributed by atoms with Crippen molar-refractivity contribution in [1.82, 2.24) is 0 Å². The summed E-state index contributed by atoms with van der Waals surface area (Å²) in [6.45, 7) is 4.45. The van der Waals surface area contributed by atoms with E-state index in [0.29, 0.717) is 17.7 Å². The Labute approximate surface area is 107 Å². The average Bonchev–Trinajstić information content (AvgIpc) is 2.68.